The smallest absolute Gasteiger partial charge is 0.328 e. The number of aryl methyl sites for hydroxylation is 2. The average molecular weight is 387 g/mol. The van der Waals surface area contributed by atoms with E-state index in [4.69, 9.17) is 4.74 Å². The first kappa shape index (κ1) is 17.8. The quantitative estimate of drug-likeness (QED) is 0.683. The normalized spacial score (nSPS) is 18.2. The molecule has 0 bridgehead atoms. The molecule has 0 amide bonds. The van der Waals surface area contributed by atoms with Gasteiger partial charge in [-0.25, -0.2) is 13.2 Å². The van der Waals surface area contributed by atoms with E-state index in [0.29, 0.717) is 30.5 Å². The molecule has 0 spiro atoms. The summed E-state index contributed by atoms with van der Waals surface area (Å²) in [5.74, 6) is 0.738. The molecule has 1 aromatic heterocycles. The second-order valence-corrected chi connectivity index (χ2v) is 8.69. The third-order valence-corrected chi connectivity index (χ3v) is 6.90. The van der Waals surface area contributed by atoms with Gasteiger partial charge in [-0.2, -0.15) is 4.31 Å². The minimum Gasteiger partial charge on any atom is -0.489 e. The lowest BCUT2D eigenvalue weighted by molar-refractivity contribution is 0.215. The molecule has 1 saturated heterocycles. The van der Waals surface area contributed by atoms with Crippen LogP contribution in [0.4, 0.5) is 0 Å². The van der Waals surface area contributed by atoms with E-state index in [1.165, 1.54) is 13.4 Å². The Bertz CT molecular complexity index is 1150. The van der Waals surface area contributed by atoms with Crippen molar-refractivity contribution in [1.82, 2.24) is 13.4 Å². The maximum absolute atomic E-state index is 13.1. The molecule has 2 heterocycles. The first-order valence-corrected chi connectivity index (χ1v) is 10.2. The first-order chi connectivity index (χ1) is 12.9. The highest BCUT2D eigenvalue weighted by Gasteiger charge is 2.34. The van der Waals surface area contributed by atoms with E-state index in [-0.39, 0.29) is 16.7 Å². The maximum atomic E-state index is 13.1. The lowest BCUT2D eigenvalue weighted by atomic mass is 10.3. The molecular formula is C19H21N3O4S. The molecule has 1 aliphatic heterocycles. The van der Waals surface area contributed by atoms with E-state index in [9.17, 15) is 13.2 Å². The number of imidazole rings is 1. The van der Waals surface area contributed by atoms with Gasteiger partial charge in [-0.05, 0) is 36.8 Å². The van der Waals surface area contributed by atoms with Crippen molar-refractivity contribution in [2.75, 3.05) is 13.1 Å². The van der Waals surface area contributed by atoms with Crippen LogP contribution in [0.3, 0.4) is 0 Å². The topological polar surface area (TPSA) is 73.5 Å². The molecule has 8 heteroatoms. The minimum absolute atomic E-state index is 0.174. The molecule has 142 valence electrons. The Hall–Kier alpha value is -2.58. The second kappa shape index (κ2) is 6.54. The van der Waals surface area contributed by atoms with Crippen LogP contribution in [0.5, 0.6) is 5.75 Å². The fraction of sp³-hybridized carbons (Fsp3) is 0.316. The molecular weight excluding hydrogens is 366 g/mol. The van der Waals surface area contributed by atoms with Gasteiger partial charge in [-0.15, -0.1) is 0 Å². The number of benzene rings is 2. The number of rotatable bonds is 4. The van der Waals surface area contributed by atoms with Crippen molar-refractivity contribution < 1.29 is 13.2 Å². The van der Waals surface area contributed by atoms with Crippen molar-refractivity contribution in [2.45, 2.75) is 17.4 Å². The molecule has 7 nitrogen and oxygen atoms in total. The van der Waals surface area contributed by atoms with Crippen LogP contribution in [-0.4, -0.2) is 41.1 Å². The Kier molecular flexibility index (Phi) is 4.32. The molecule has 0 unspecified atom stereocenters. The molecule has 27 heavy (non-hydrogen) atoms. The Morgan fingerprint density at radius 2 is 1.70 bits per heavy atom. The van der Waals surface area contributed by atoms with Crippen molar-refractivity contribution in [3.05, 3.63) is 59.0 Å². The fourth-order valence-corrected chi connectivity index (χ4v) is 5.01. The number of ether oxygens (including phenoxy) is 1. The van der Waals surface area contributed by atoms with E-state index in [1.54, 1.807) is 32.3 Å². The van der Waals surface area contributed by atoms with Crippen LogP contribution in [0.1, 0.15) is 6.42 Å². The van der Waals surface area contributed by atoms with Gasteiger partial charge in [0.2, 0.25) is 10.0 Å². The SMILES string of the molecule is Cn1c(=O)n(C)c2cc(S(=O)(=O)N3CC[C@@H](Oc4ccccc4)C3)ccc21. The van der Waals surface area contributed by atoms with Crippen molar-refractivity contribution in [3.8, 4) is 5.75 Å². The molecule has 0 saturated carbocycles. The van der Waals surface area contributed by atoms with E-state index in [2.05, 4.69) is 0 Å². The van der Waals surface area contributed by atoms with Gasteiger partial charge in [0.05, 0.1) is 22.5 Å². The summed E-state index contributed by atoms with van der Waals surface area (Å²) in [4.78, 5) is 12.3. The Balaban J connectivity index is 1.59. The number of hydrogen-bond donors (Lipinski definition) is 0. The molecule has 2 aromatic carbocycles. The number of aromatic nitrogens is 2. The number of para-hydroxylation sites is 1. The summed E-state index contributed by atoms with van der Waals surface area (Å²) in [6.07, 6.45) is 0.465. The largest absolute Gasteiger partial charge is 0.489 e. The highest BCUT2D eigenvalue weighted by Crippen LogP contribution is 2.26. The van der Waals surface area contributed by atoms with Gasteiger partial charge in [-0.3, -0.25) is 9.13 Å². The zero-order valence-corrected chi connectivity index (χ0v) is 16.0. The number of fused-ring (bicyclic) bond motifs is 1. The lowest BCUT2D eigenvalue weighted by Crippen LogP contribution is -2.31. The average Bonchev–Trinajstić information content (AvgIpc) is 3.23. The van der Waals surface area contributed by atoms with Gasteiger partial charge in [-0.1, -0.05) is 18.2 Å². The van der Waals surface area contributed by atoms with Gasteiger partial charge in [0.1, 0.15) is 11.9 Å². The Morgan fingerprint density at radius 3 is 2.44 bits per heavy atom. The number of nitrogens with zero attached hydrogens (tertiary/aromatic N) is 3. The molecule has 1 fully saturated rings. The predicted molar refractivity (Wildman–Crippen MR) is 102 cm³/mol. The summed E-state index contributed by atoms with van der Waals surface area (Å²) in [6.45, 7) is 0.717. The zero-order chi connectivity index (χ0) is 19.2. The summed E-state index contributed by atoms with van der Waals surface area (Å²) in [5.41, 5.74) is 1.12. The van der Waals surface area contributed by atoms with Crippen LogP contribution in [0.25, 0.3) is 11.0 Å². The maximum Gasteiger partial charge on any atom is 0.328 e. The van der Waals surface area contributed by atoms with Crippen molar-refractivity contribution in [3.63, 3.8) is 0 Å². The van der Waals surface area contributed by atoms with Crippen LogP contribution in [0.15, 0.2) is 58.2 Å². The standard InChI is InChI=1S/C19H21N3O4S/c1-20-17-9-8-16(12-18(17)21(2)19(20)23)27(24,25)22-11-10-15(13-22)26-14-6-4-3-5-7-14/h3-9,12,15H,10-11,13H2,1-2H3/t15-/m1/s1. The second-order valence-electron chi connectivity index (χ2n) is 6.76. The van der Waals surface area contributed by atoms with E-state index < -0.39 is 10.0 Å². The molecule has 1 aliphatic rings. The van der Waals surface area contributed by atoms with Gasteiger partial charge in [0.25, 0.3) is 0 Å². The molecule has 3 aromatic rings. The van der Waals surface area contributed by atoms with E-state index in [0.717, 1.165) is 5.75 Å². The zero-order valence-electron chi connectivity index (χ0n) is 15.2. The third-order valence-electron chi connectivity index (χ3n) is 5.03. The Labute approximate surface area is 157 Å². The lowest BCUT2D eigenvalue weighted by Gasteiger charge is -2.17. The van der Waals surface area contributed by atoms with E-state index >= 15 is 0 Å². The molecule has 0 radical (unpaired) electrons. The molecule has 1 atom stereocenters. The summed E-state index contributed by atoms with van der Waals surface area (Å²) < 4.78 is 36.4. The number of sulfonamides is 1. The molecule has 4 rings (SSSR count). The molecule has 0 aliphatic carbocycles. The first-order valence-electron chi connectivity index (χ1n) is 8.75. The number of hydrogen-bond acceptors (Lipinski definition) is 4. The summed E-state index contributed by atoms with van der Waals surface area (Å²) in [6, 6.07) is 14.2. The van der Waals surface area contributed by atoms with Crippen LogP contribution >= 0.6 is 0 Å². The van der Waals surface area contributed by atoms with Crippen LogP contribution in [0.2, 0.25) is 0 Å². The minimum atomic E-state index is -3.65. The van der Waals surface area contributed by atoms with Gasteiger partial charge in [0.15, 0.2) is 0 Å². The fourth-order valence-electron chi connectivity index (χ4n) is 3.50. The van der Waals surface area contributed by atoms with Crippen LogP contribution in [0, 0.1) is 0 Å². The molecule has 0 N–H and O–H groups in total. The van der Waals surface area contributed by atoms with E-state index in [1.807, 2.05) is 30.3 Å². The summed E-state index contributed by atoms with van der Waals surface area (Å²) >= 11 is 0. The summed E-state index contributed by atoms with van der Waals surface area (Å²) in [7, 11) is -0.336. The predicted octanol–water partition coefficient (Wildman–Crippen LogP) is 1.72. The van der Waals surface area contributed by atoms with Crippen LogP contribution < -0.4 is 10.4 Å². The van der Waals surface area contributed by atoms with Crippen molar-refractivity contribution >= 4 is 21.1 Å². The van der Waals surface area contributed by atoms with Gasteiger partial charge in [0, 0.05) is 20.6 Å². The van der Waals surface area contributed by atoms with Crippen molar-refractivity contribution in [1.29, 1.82) is 0 Å². The summed E-state index contributed by atoms with van der Waals surface area (Å²) in [5, 5.41) is 0. The highest BCUT2D eigenvalue weighted by molar-refractivity contribution is 7.89. The monoisotopic (exact) mass is 387 g/mol. The highest BCUT2D eigenvalue weighted by atomic mass is 32.2. The van der Waals surface area contributed by atoms with Crippen LogP contribution in [-0.2, 0) is 24.1 Å². The van der Waals surface area contributed by atoms with Gasteiger partial charge >= 0.3 is 5.69 Å². The van der Waals surface area contributed by atoms with Gasteiger partial charge < -0.3 is 4.74 Å². The van der Waals surface area contributed by atoms with Crippen molar-refractivity contribution in [2.24, 2.45) is 14.1 Å². The third kappa shape index (κ3) is 3.04. The Morgan fingerprint density at radius 1 is 1.00 bits per heavy atom.